The fraction of sp³-hybridized carbons (Fsp3) is 0.571. The Balaban J connectivity index is 2.13. The number of carbonyl (C=O) groups is 1. The van der Waals surface area contributed by atoms with Crippen molar-refractivity contribution in [2.75, 3.05) is 12.8 Å². The lowest BCUT2D eigenvalue weighted by Crippen LogP contribution is -2.39. The molecule has 1 amide bonds. The fourth-order valence-corrected chi connectivity index (χ4v) is 2.98. The second-order valence-corrected chi connectivity index (χ2v) is 5.83. The number of nitrogens with two attached hydrogens (primary N) is 1. The van der Waals surface area contributed by atoms with E-state index in [0.29, 0.717) is 17.5 Å². The molecule has 2 rings (SSSR count). The third kappa shape index (κ3) is 3.38. The van der Waals surface area contributed by atoms with Gasteiger partial charge in [-0.05, 0) is 30.9 Å². The van der Waals surface area contributed by atoms with Crippen molar-refractivity contribution in [2.24, 2.45) is 5.92 Å². The van der Waals surface area contributed by atoms with E-state index in [4.69, 9.17) is 17.3 Å². The normalized spacial score (nSPS) is 23.1. The van der Waals surface area contributed by atoms with Crippen molar-refractivity contribution in [1.29, 1.82) is 0 Å². The Morgan fingerprint density at radius 2 is 2.21 bits per heavy atom. The lowest BCUT2D eigenvalue weighted by molar-refractivity contribution is 0.0672. The predicted octanol–water partition coefficient (Wildman–Crippen LogP) is 2.97. The van der Waals surface area contributed by atoms with Gasteiger partial charge in [-0.25, -0.2) is 4.98 Å². The highest BCUT2D eigenvalue weighted by Gasteiger charge is 2.26. The quantitative estimate of drug-likeness (QED) is 0.848. The van der Waals surface area contributed by atoms with Gasteiger partial charge in [-0.3, -0.25) is 4.79 Å². The second kappa shape index (κ2) is 5.78. The first-order chi connectivity index (χ1) is 8.97. The average molecular weight is 282 g/mol. The molecule has 2 N–H and O–H groups in total. The van der Waals surface area contributed by atoms with E-state index in [0.717, 1.165) is 12.8 Å². The predicted molar refractivity (Wildman–Crippen MR) is 77.2 cm³/mol. The molecule has 1 aromatic heterocycles. The monoisotopic (exact) mass is 281 g/mol. The Labute approximate surface area is 118 Å². The zero-order chi connectivity index (χ0) is 14.0. The molecule has 1 aliphatic carbocycles. The van der Waals surface area contributed by atoms with E-state index in [1.54, 1.807) is 12.1 Å². The number of hydrogen-bond donors (Lipinski definition) is 1. The molecular formula is C14H20ClN3O. The smallest absolute Gasteiger partial charge is 0.254 e. The number of nitrogens with zero attached hydrogens (tertiary/aromatic N) is 2. The van der Waals surface area contributed by atoms with Crippen LogP contribution < -0.4 is 5.73 Å². The largest absolute Gasteiger partial charge is 0.384 e. The minimum absolute atomic E-state index is 0.0323. The maximum atomic E-state index is 12.4. The van der Waals surface area contributed by atoms with Gasteiger partial charge < -0.3 is 10.6 Å². The van der Waals surface area contributed by atoms with Crippen molar-refractivity contribution in [3.05, 3.63) is 22.8 Å². The number of carbonyl (C=O) groups excluding carboxylic acids is 1. The SMILES string of the molecule is CC1CCCC(N(C)C(=O)c2cc(N)nc(Cl)c2)C1. The summed E-state index contributed by atoms with van der Waals surface area (Å²) in [6.07, 6.45) is 4.58. The van der Waals surface area contributed by atoms with Crippen LogP contribution in [-0.2, 0) is 0 Å². The van der Waals surface area contributed by atoms with Crippen molar-refractivity contribution in [3.63, 3.8) is 0 Å². The maximum Gasteiger partial charge on any atom is 0.254 e. The summed E-state index contributed by atoms with van der Waals surface area (Å²) in [4.78, 5) is 18.1. The van der Waals surface area contributed by atoms with Crippen LogP contribution in [0.1, 0.15) is 43.0 Å². The molecule has 1 fully saturated rings. The number of nitrogen functional groups attached to an aromatic ring is 1. The molecule has 0 spiro atoms. The van der Waals surface area contributed by atoms with Crippen LogP contribution in [0.5, 0.6) is 0 Å². The molecule has 1 aliphatic rings. The van der Waals surface area contributed by atoms with Crippen LogP contribution >= 0.6 is 11.6 Å². The molecule has 4 nitrogen and oxygen atoms in total. The lowest BCUT2D eigenvalue weighted by Gasteiger charge is -2.34. The van der Waals surface area contributed by atoms with Crippen molar-refractivity contribution in [3.8, 4) is 0 Å². The number of aromatic nitrogens is 1. The number of pyridine rings is 1. The summed E-state index contributed by atoms with van der Waals surface area (Å²) in [5, 5.41) is 0.258. The molecule has 0 bridgehead atoms. The fourth-order valence-electron chi connectivity index (χ4n) is 2.76. The summed E-state index contributed by atoms with van der Waals surface area (Å²) >= 11 is 5.85. The molecule has 2 unspecified atom stereocenters. The molecule has 0 aromatic carbocycles. The first-order valence-electron chi connectivity index (χ1n) is 6.67. The summed E-state index contributed by atoms with van der Waals surface area (Å²) in [6, 6.07) is 3.46. The Bertz CT molecular complexity index is 458. The Kier molecular flexibility index (Phi) is 4.30. The van der Waals surface area contributed by atoms with Gasteiger partial charge in [0.2, 0.25) is 0 Å². The molecule has 0 radical (unpaired) electrons. The van der Waals surface area contributed by atoms with Crippen molar-refractivity contribution >= 4 is 23.3 Å². The molecule has 19 heavy (non-hydrogen) atoms. The number of halogens is 1. The van der Waals surface area contributed by atoms with Gasteiger partial charge in [0.1, 0.15) is 11.0 Å². The van der Waals surface area contributed by atoms with Gasteiger partial charge in [-0.2, -0.15) is 0 Å². The summed E-state index contributed by atoms with van der Waals surface area (Å²) in [6.45, 7) is 2.24. The maximum absolute atomic E-state index is 12.4. The first-order valence-corrected chi connectivity index (χ1v) is 7.05. The van der Waals surface area contributed by atoms with E-state index in [1.807, 2.05) is 11.9 Å². The van der Waals surface area contributed by atoms with Crippen LogP contribution in [0.15, 0.2) is 12.1 Å². The second-order valence-electron chi connectivity index (χ2n) is 5.45. The van der Waals surface area contributed by atoms with Crippen LogP contribution in [0.25, 0.3) is 0 Å². The Morgan fingerprint density at radius 3 is 2.84 bits per heavy atom. The molecular weight excluding hydrogens is 262 g/mol. The van der Waals surface area contributed by atoms with E-state index in [2.05, 4.69) is 11.9 Å². The zero-order valence-corrected chi connectivity index (χ0v) is 12.2. The average Bonchev–Trinajstić information content (AvgIpc) is 2.36. The lowest BCUT2D eigenvalue weighted by atomic mass is 9.86. The van der Waals surface area contributed by atoms with Crippen molar-refractivity contribution < 1.29 is 4.79 Å². The number of amides is 1. The van der Waals surface area contributed by atoms with E-state index < -0.39 is 0 Å². The zero-order valence-electron chi connectivity index (χ0n) is 11.4. The van der Waals surface area contributed by atoms with Crippen molar-refractivity contribution in [2.45, 2.75) is 38.6 Å². The van der Waals surface area contributed by atoms with Gasteiger partial charge in [0.05, 0.1) is 0 Å². The highest BCUT2D eigenvalue weighted by molar-refractivity contribution is 6.29. The number of hydrogen-bond acceptors (Lipinski definition) is 3. The van der Waals surface area contributed by atoms with E-state index >= 15 is 0 Å². The Hall–Kier alpha value is -1.29. The van der Waals surface area contributed by atoms with E-state index in [1.165, 1.54) is 12.8 Å². The standard InChI is InChI=1S/C14H20ClN3O/c1-9-4-3-5-11(6-9)18(2)14(19)10-7-12(15)17-13(16)8-10/h7-9,11H,3-6H2,1-2H3,(H2,16,17). The molecule has 1 aromatic rings. The number of anilines is 1. The molecule has 1 saturated carbocycles. The Morgan fingerprint density at radius 1 is 1.47 bits per heavy atom. The van der Waals surface area contributed by atoms with Crippen LogP contribution in [0.2, 0.25) is 5.15 Å². The summed E-state index contributed by atoms with van der Waals surface area (Å²) < 4.78 is 0. The van der Waals surface area contributed by atoms with E-state index in [9.17, 15) is 4.79 Å². The van der Waals surface area contributed by atoms with Crippen LogP contribution in [-0.4, -0.2) is 28.9 Å². The molecule has 104 valence electrons. The van der Waals surface area contributed by atoms with Crippen LogP contribution in [0.4, 0.5) is 5.82 Å². The molecule has 0 aliphatic heterocycles. The van der Waals surface area contributed by atoms with Gasteiger partial charge in [0, 0.05) is 18.7 Å². The van der Waals surface area contributed by atoms with Gasteiger partial charge >= 0.3 is 0 Å². The first kappa shape index (κ1) is 14.1. The third-order valence-electron chi connectivity index (χ3n) is 3.84. The minimum Gasteiger partial charge on any atom is -0.384 e. The summed E-state index contributed by atoms with van der Waals surface area (Å²) in [5.41, 5.74) is 6.14. The van der Waals surface area contributed by atoms with E-state index in [-0.39, 0.29) is 16.9 Å². The molecule has 0 saturated heterocycles. The summed E-state index contributed by atoms with van der Waals surface area (Å²) in [5.74, 6) is 0.927. The van der Waals surface area contributed by atoms with Crippen LogP contribution in [0.3, 0.4) is 0 Å². The minimum atomic E-state index is -0.0323. The topological polar surface area (TPSA) is 59.2 Å². The third-order valence-corrected chi connectivity index (χ3v) is 4.03. The van der Waals surface area contributed by atoms with Gasteiger partial charge in [-0.15, -0.1) is 0 Å². The van der Waals surface area contributed by atoms with Gasteiger partial charge in [-0.1, -0.05) is 31.4 Å². The molecule has 5 heteroatoms. The van der Waals surface area contributed by atoms with Gasteiger partial charge in [0.15, 0.2) is 0 Å². The highest BCUT2D eigenvalue weighted by atomic mass is 35.5. The number of rotatable bonds is 2. The van der Waals surface area contributed by atoms with Crippen LogP contribution in [0, 0.1) is 5.92 Å². The summed E-state index contributed by atoms with van der Waals surface area (Å²) in [7, 11) is 1.86. The van der Waals surface area contributed by atoms with Gasteiger partial charge in [0.25, 0.3) is 5.91 Å². The van der Waals surface area contributed by atoms with Crippen molar-refractivity contribution in [1.82, 2.24) is 9.88 Å². The molecule has 1 heterocycles. The highest BCUT2D eigenvalue weighted by Crippen LogP contribution is 2.27. The molecule has 2 atom stereocenters.